The van der Waals surface area contributed by atoms with Crippen LogP contribution in [0, 0.1) is 12.7 Å². The van der Waals surface area contributed by atoms with Crippen molar-refractivity contribution in [3.05, 3.63) is 35.3 Å². The van der Waals surface area contributed by atoms with Crippen LogP contribution in [0.1, 0.15) is 18.1 Å². The van der Waals surface area contributed by atoms with Crippen molar-refractivity contribution in [1.82, 2.24) is 5.32 Å². The zero-order valence-corrected chi connectivity index (χ0v) is 8.93. The highest BCUT2D eigenvalue weighted by molar-refractivity contribution is 5.83. The Bertz CT molecular complexity index is 476. The van der Waals surface area contributed by atoms with Gasteiger partial charge in [0.2, 0.25) is 0 Å². The fourth-order valence-corrected chi connectivity index (χ4v) is 1.71. The van der Waals surface area contributed by atoms with E-state index < -0.39 is 0 Å². The highest BCUT2D eigenvalue weighted by atomic mass is 19.1. The molecular formula is C12H14FNO. The van der Waals surface area contributed by atoms with Crippen LogP contribution in [0.2, 0.25) is 0 Å². The average Bonchev–Trinajstić information content (AvgIpc) is 2.58. The number of fused-ring (bicyclic) bond motifs is 1. The Kier molecular flexibility index (Phi) is 2.73. The maximum Gasteiger partial charge on any atom is 0.137 e. The van der Waals surface area contributed by atoms with Crippen LogP contribution in [0.3, 0.4) is 0 Å². The molecule has 0 aliphatic rings. The van der Waals surface area contributed by atoms with Crippen molar-refractivity contribution in [2.45, 2.75) is 20.4 Å². The highest BCUT2D eigenvalue weighted by Gasteiger charge is 2.09. The van der Waals surface area contributed by atoms with E-state index in [-0.39, 0.29) is 5.82 Å². The van der Waals surface area contributed by atoms with Crippen LogP contribution >= 0.6 is 0 Å². The predicted octanol–water partition coefficient (Wildman–Crippen LogP) is 2.99. The summed E-state index contributed by atoms with van der Waals surface area (Å²) >= 11 is 0. The first-order chi connectivity index (χ1) is 7.22. The minimum Gasteiger partial charge on any atom is -0.464 e. The summed E-state index contributed by atoms with van der Waals surface area (Å²) in [6.07, 6.45) is 1.69. The fraction of sp³-hybridized carbons (Fsp3) is 0.333. The first kappa shape index (κ1) is 10.2. The number of benzene rings is 1. The number of rotatable bonds is 3. The molecule has 1 N–H and O–H groups in total. The van der Waals surface area contributed by atoms with Gasteiger partial charge in [-0.2, -0.15) is 0 Å². The minimum absolute atomic E-state index is 0.209. The second-order valence-electron chi connectivity index (χ2n) is 3.64. The lowest BCUT2D eigenvalue weighted by atomic mass is 10.1. The summed E-state index contributed by atoms with van der Waals surface area (Å²) in [5.74, 6) is -0.209. The van der Waals surface area contributed by atoms with E-state index in [0.29, 0.717) is 6.54 Å². The number of nitrogens with one attached hydrogen (secondary N) is 1. The number of halogens is 1. The van der Waals surface area contributed by atoms with Crippen molar-refractivity contribution in [3.8, 4) is 0 Å². The molecule has 0 radical (unpaired) electrons. The van der Waals surface area contributed by atoms with Gasteiger partial charge in [0.1, 0.15) is 11.4 Å². The van der Waals surface area contributed by atoms with E-state index in [4.69, 9.17) is 4.42 Å². The summed E-state index contributed by atoms with van der Waals surface area (Å²) in [7, 11) is 0. The third-order valence-electron chi connectivity index (χ3n) is 2.47. The standard InChI is InChI=1S/C12H14FNO/c1-3-14-6-9-7-15-12-8(2)4-10(13)5-11(9)12/h4-5,7,14H,3,6H2,1-2H3. The molecule has 3 heteroatoms. The van der Waals surface area contributed by atoms with E-state index in [9.17, 15) is 4.39 Å². The smallest absolute Gasteiger partial charge is 0.137 e. The number of hydrogen-bond donors (Lipinski definition) is 1. The van der Waals surface area contributed by atoms with Gasteiger partial charge in [-0.15, -0.1) is 0 Å². The van der Waals surface area contributed by atoms with Crippen molar-refractivity contribution in [2.75, 3.05) is 6.54 Å². The zero-order chi connectivity index (χ0) is 10.8. The quantitative estimate of drug-likeness (QED) is 0.837. The molecule has 1 aromatic carbocycles. The molecular weight excluding hydrogens is 193 g/mol. The van der Waals surface area contributed by atoms with Gasteiger partial charge >= 0.3 is 0 Å². The van der Waals surface area contributed by atoms with Crippen LogP contribution < -0.4 is 5.32 Å². The molecule has 15 heavy (non-hydrogen) atoms. The number of furan rings is 1. The predicted molar refractivity (Wildman–Crippen MR) is 58.3 cm³/mol. The Labute approximate surface area is 88.1 Å². The summed E-state index contributed by atoms with van der Waals surface area (Å²) in [6.45, 7) is 5.49. The molecule has 1 heterocycles. The Morgan fingerprint density at radius 2 is 2.20 bits per heavy atom. The van der Waals surface area contributed by atoms with Crippen molar-refractivity contribution >= 4 is 11.0 Å². The van der Waals surface area contributed by atoms with Gasteiger partial charge in [-0.05, 0) is 31.2 Å². The number of aryl methyl sites for hydroxylation is 1. The largest absolute Gasteiger partial charge is 0.464 e. The van der Waals surface area contributed by atoms with Gasteiger partial charge in [0.15, 0.2) is 0 Å². The lowest BCUT2D eigenvalue weighted by Gasteiger charge is -1.99. The average molecular weight is 207 g/mol. The van der Waals surface area contributed by atoms with E-state index in [0.717, 1.165) is 28.6 Å². The second-order valence-corrected chi connectivity index (χ2v) is 3.64. The van der Waals surface area contributed by atoms with Crippen LogP contribution in [0.15, 0.2) is 22.8 Å². The van der Waals surface area contributed by atoms with Crippen molar-refractivity contribution in [3.63, 3.8) is 0 Å². The maximum atomic E-state index is 13.2. The van der Waals surface area contributed by atoms with Crippen LogP contribution in [0.4, 0.5) is 4.39 Å². The molecule has 80 valence electrons. The SMILES string of the molecule is CCNCc1coc2c(C)cc(F)cc12. The second kappa shape index (κ2) is 4.03. The molecule has 0 fully saturated rings. The highest BCUT2D eigenvalue weighted by Crippen LogP contribution is 2.25. The first-order valence-corrected chi connectivity index (χ1v) is 5.09. The third kappa shape index (κ3) is 1.88. The molecule has 2 nitrogen and oxygen atoms in total. The normalized spacial score (nSPS) is 11.1. The molecule has 0 unspecified atom stereocenters. The third-order valence-corrected chi connectivity index (χ3v) is 2.47. The topological polar surface area (TPSA) is 25.2 Å². The van der Waals surface area contributed by atoms with Gasteiger partial charge in [-0.3, -0.25) is 0 Å². The molecule has 2 aromatic rings. The van der Waals surface area contributed by atoms with E-state index >= 15 is 0 Å². The lowest BCUT2D eigenvalue weighted by Crippen LogP contribution is -2.11. The maximum absolute atomic E-state index is 13.2. The van der Waals surface area contributed by atoms with Crippen LogP contribution in [0.5, 0.6) is 0 Å². The molecule has 2 rings (SSSR count). The lowest BCUT2D eigenvalue weighted by molar-refractivity contribution is 0.598. The molecule has 0 saturated carbocycles. The van der Waals surface area contributed by atoms with Crippen molar-refractivity contribution < 1.29 is 8.81 Å². The minimum atomic E-state index is -0.209. The van der Waals surface area contributed by atoms with Gasteiger partial charge in [0.25, 0.3) is 0 Å². The molecule has 1 aromatic heterocycles. The number of hydrogen-bond acceptors (Lipinski definition) is 2. The van der Waals surface area contributed by atoms with Gasteiger partial charge in [0, 0.05) is 17.5 Å². The zero-order valence-electron chi connectivity index (χ0n) is 8.93. The monoisotopic (exact) mass is 207 g/mol. The van der Waals surface area contributed by atoms with Crippen LogP contribution in [-0.2, 0) is 6.54 Å². The van der Waals surface area contributed by atoms with Gasteiger partial charge < -0.3 is 9.73 Å². The summed E-state index contributed by atoms with van der Waals surface area (Å²) in [4.78, 5) is 0. The Hall–Kier alpha value is -1.35. The Morgan fingerprint density at radius 1 is 1.40 bits per heavy atom. The van der Waals surface area contributed by atoms with Gasteiger partial charge in [-0.25, -0.2) is 4.39 Å². The van der Waals surface area contributed by atoms with Gasteiger partial charge in [0.05, 0.1) is 6.26 Å². The summed E-state index contributed by atoms with van der Waals surface area (Å²) in [6, 6.07) is 3.02. The Morgan fingerprint density at radius 3 is 2.93 bits per heavy atom. The fourth-order valence-electron chi connectivity index (χ4n) is 1.71. The van der Waals surface area contributed by atoms with Crippen LogP contribution in [-0.4, -0.2) is 6.54 Å². The summed E-state index contributed by atoms with van der Waals surface area (Å²) < 4.78 is 18.6. The molecule has 0 amide bonds. The van der Waals surface area contributed by atoms with E-state index in [1.807, 2.05) is 13.8 Å². The molecule has 0 spiro atoms. The first-order valence-electron chi connectivity index (χ1n) is 5.09. The van der Waals surface area contributed by atoms with Crippen LogP contribution in [0.25, 0.3) is 11.0 Å². The molecule has 0 atom stereocenters. The Balaban J connectivity index is 2.49. The van der Waals surface area contributed by atoms with E-state index in [2.05, 4.69) is 5.32 Å². The summed E-state index contributed by atoms with van der Waals surface area (Å²) in [5, 5.41) is 4.07. The molecule has 0 bridgehead atoms. The van der Waals surface area contributed by atoms with E-state index in [1.165, 1.54) is 12.1 Å². The summed E-state index contributed by atoms with van der Waals surface area (Å²) in [5.41, 5.74) is 2.63. The van der Waals surface area contributed by atoms with Gasteiger partial charge in [-0.1, -0.05) is 6.92 Å². The molecule has 0 aliphatic heterocycles. The molecule has 0 aliphatic carbocycles. The van der Waals surface area contributed by atoms with E-state index in [1.54, 1.807) is 6.26 Å². The molecule has 0 saturated heterocycles. The van der Waals surface area contributed by atoms with Crippen molar-refractivity contribution in [1.29, 1.82) is 0 Å². The van der Waals surface area contributed by atoms with Crippen molar-refractivity contribution in [2.24, 2.45) is 0 Å².